The molecule has 0 aromatic heterocycles. The van der Waals surface area contributed by atoms with E-state index in [1.807, 2.05) is 24.3 Å². The van der Waals surface area contributed by atoms with Crippen molar-refractivity contribution in [3.63, 3.8) is 0 Å². The molecule has 0 aromatic carbocycles. The van der Waals surface area contributed by atoms with Gasteiger partial charge in [0.05, 0.1) is 37.3 Å². The fourth-order valence-corrected chi connectivity index (χ4v) is 2.81. The monoisotopic (exact) mass is 262 g/mol. The number of ether oxygens (including phenoxy) is 1. The summed E-state index contributed by atoms with van der Waals surface area (Å²) in [6.45, 7) is 0. The first-order chi connectivity index (χ1) is 9.65. The summed E-state index contributed by atoms with van der Waals surface area (Å²) in [6.07, 6.45) is 8.32. The number of allylic oxidation sites excluding steroid dienone is 5. The molecule has 0 heterocycles. The van der Waals surface area contributed by atoms with Crippen molar-refractivity contribution >= 4 is 0 Å². The van der Waals surface area contributed by atoms with Crippen LogP contribution in [0.5, 0.6) is 0 Å². The Morgan fingerprint density at radius 1 is 0.950 bits per heavy atom. The van der Waals surface area contributed by atoms with E-state index >= 15 is 0 Å². The maximum Gasteiger partial charge on any atom is 0.189 e. The van der Waals surface area contributed by atoms with Gasteiger partial charge >= 0.3 is 0 Å². The molecule has 0 fully saturated rings. The molecule has 5 heteroatoms. The van der Waals surface area contributed by atoms with Gasteiger partial charge in [0.1, 0.15) is 5.76 Å². The Morgan fingerprint density at radius 3 is 2.00 bits per heavy atom. The van der Waals surface area contributed by atoms with Gasteiger partial charge in [-0.2, -0.15) is 21.0 Å². The van der Waals surface area contributed by atoms with Crippen molar-refractivity contribution in [1.29, 1.82) is 21.0 Å². The Kier molecular flexibility index (Phi) is 3.07. The predicted octanol–water partition coefficient (Wildman–Crippen LogP) is 1.96. The molecule has 0 aromatic rings. The molecular formula is C15H10N4O. The lowest BCUT2D eigenvalue weighted by Gasteiger charge is -2.43. The first kappa shape index (κ1) is 13.4. The molecule has 3 aliphatic rings. The van der Waals surface area contributed by atoms with Crippen LogP contribution in [0.1, 0.15) is 0 Å². The highest BCUT2D eigenvalue weighted by atomic mass is 16.5. The number of rotatable bonds is 1. The Morgan fingerprint density at radius 2 is 1.50 bits per heavy atom. The van der Waals surface area contributed by atoms with Crippen molar-refractivity contribution in [3.8, 4) is 24.3 Å². The van der Waals surface area contributed by atoms with Gasteiger partial charge < -0.3 is 4.74 Å². The number of hydrogen-bond donors (Lipinski definition) is 0. The molecule has 0 radical (unpaired) electrons. The van der Waals surface area contributed by atoms with E-state index in [-0.39, 0.29) is 0 Å². The molecule has 2 bridgehead atoms. The first-order valence-corrected chi connectivity index (χ1v) is 5.91. The molecule has 5 nitrogen and oxygen atoms in total. The lowest BCUT2D eigenvalue weighted by Crippen LogP contribution is -2.51. The number of methoxy groups -OCH3 is 1. The van der Waals surface area contributed by atoms with Crippen LogP contribution in [0.25, 0.3) is 0 Å². The molecular weight excluding hydrogens is 252 g/mol. The van der Waals surface area contributed by atoms with E-state index in [2.05, 4.69) is 0 Å². The second kappa shape index (κ2) is 4.58. The molecule has 20 heavy (non-hydrogen) atoms. The molecule has 0 amide bonds. The van der Waals surface area contributed by atoms with Crippen molar-refractivity contribution in [3.05, 3.63) is 36.1 Å². The fourth-order valence-electron chi connectivity index (χ4n) is 2.81. The van der Waals surface area contributed by atoms with E-state index in [9.17, 15) is 21.0 Å². The molecule has 0 saturated heterocycles. The zero-order chi connectivity index (χ0) is 14.8. The van der Waals surface area contributed by atoms with Crippen LogP contribution < -0.4 is 0 Å². The number of nitriles is 4. The van der Waals surface area contributed by atoms with Crippen molar-refractivity contribution in [1.82, 2.24) is 0 Å². The maximum absolute atomic E-state index is 9.58. The summed E-state index contributed by atoms with van der Waals surface area (Å²) in [5.41, 5.74) is -3.56. The Hall–Kier alpha value is -3.02. The number of hydrogen-bond acceptors (Lipinski definition) is 5. The first-order valence-electron chi connectivity index (χ1n) is 5.91. The van der Waals surface area contributed by atoms with Crippen LogP contribution in [-0.2, 0) is 4.74 Å². The minimum absolute atomic E-state index is 0.430. The highest BCUT2D eigenvalue weighted by Crippen LogP contribution is 2.56. The molecule has 3 rings (SSSR count). The molecule has 0 spiro atoms. The van der Waals surface area contributed by atoms with Crippen LogP contribution >= 0.6 is 0 Å². The van der Waals surface area contributed by atoms with E-state index in [0.29, 0.717) is 5.76 Å². The van der Waals surface area contributed by atoms with Gasteiger partial charge in [0.15, 0.2) is 10.8 Å². The highest BCUT2D eigenvalue weighted by Gasteiger charge is 2.65. The Labute approximate surface area is 116 Å². The van der Waals surface area contributed by atoms with E-state index in [1.165, 1.54) is 7.11 Å². The van der Waals surface area contributed by atoms with Crippen LogP contribution in [-0.4, -0.2) is 7.11 Å². The van der Waals surface area contributed by atoms with Crippen molar-refractivity contribution in [2.45, 2.75) is 0 Å². The quantitative estimate of drug-likeness (QED) is 0.718. The third-order valence-electron chi connectivity index (χ3n) is 3.91. The lowest BCUT2D eigenvalue weighted by molar-refractivity contribution is 0.126. The summed E-state index contributed by atoms with van der Waals surface area (Å²) in [6, 6.07) is 7.65. The van der Waals surface area contributed by atoms with Crippen LogP contribution in [0.3, 0.4) is 0 Å². The Balaban J connectivity index is 2.90. The summed E-state index contributed by atoms with van der Waals surface area (Å²) < 4.78 is 5.26. The minimum Gasteiger partial charge on any atom is -0.501 e. The van der Waals surface area contributed by atoms with Crippen molar-refractivity contribution < 1.29 is 4.74 Å². The largest absolute Gasteiger partial charge is 0.501 e. The van der Waals surface area contributed by atoms with E-state index in [4.69, 9.17) is 4.74 Å². The van der Waals surface area contributed by atoms with Gasteiger partial charge in [-0.15, -0.1) is 0 Å². The fraction of sp³-hybridized carbons (Fsp3) is 0.333. The van der Waals surface area contributed by atoms with Gasteiger partial charge in [0.2, 0.25) is 0 Å². The summed E-state index contributed by atoms with van der Waals surface area (Å²) >= 11 is 0. The van der Waals surface area contributed by atoms with Crippen LogP contribution in [0.15, 0.2) is 36.1 Å². The van der Waals surface area contributed by atoms with Crippen molar-refractivity contribution in [2.24, 2.45) is 22.7 Å². The highest BCUT2D eigenvalue weighted by molar-refractivity contribution is 5.48. The normalized spacial score (nSPS) is 30.9. The van der Waals surface area contributed by atoms with Gasteiger partial charge in [0.25, 0.3) is 0 Å². The molecule has 2 atom stereocenters. The number of nitrogens with zero attached hydrogens (tertiary/aromatic N) is 4. The molecule has 0 saturated carbocycles. The third-order valence-corrected chi connectivity index (χ3v) is 3.91. The van der Waals surface area contributed by atoms with Gasteiger partial charge in [-0.3, -0.25) is 0 Å². The summed E-state index contributed by atoms with van der Waals surface area (Å²) in [5, 5.41) is 38.2. The SMILES string of the molecule is COC1=CC2/C=C\C=C/C1C(C#N)(C#N)C2(C#N)C#N. The van der Waals surface area contributed by atoms with Gasteiger partial charge in [-0.25, -0.2) is 0 Å². The second-order valence-corrected chi connectivity index (χ2v) is 4.61. The van der Waals surface area contributed by atoms with Gasteiger partial charge in [0, 0.05) is 5.92 Å². The smallest absolute Gasteiger partial charge is 0.189 e. The van der Waals surface area contributed by atoms with Crippen molar-refractivity contribution in [2.75, 3.05) is 7.11 Å². The summed E-state index contributed by atoms with van der Waals surface area (Å²) in [4.78, 5) is 0. The lowest BCUT2D eigenvalue weighted by atomic mass is 9.51. The standard InChI is InChI=1S/C15H10N4O/c1-20-13-6-11-4-2-3-5-12(13)15(9-18,10-19)14(11,7-16)8-17/h2-6,11-12H,1H3/b4-2-,5-3-. The molecule has 96 valence electrons. The van der Waals surface area contributed by atoms with Crippen LogP contribution in [0.4, 0.5) is 0 Å². The molecule has 0 N–H and O–H groups in total. The molecule has 0 aliphatic heterocycles. The zero-order valence-electron chi connectivity index (χ0n) is 10.7. The summed E-state index contributed by atoms with van der Waals surface area (Å²) in [5.74, 6) is -0.990. The minimum atomic E-state index is -1.80. The topological polar surface area (TPSA) is 104 Å². The zero-order valence-corrected chi connectivity index (χ0v) is 10.7. The predicted molar refractivity (Wildman–Crippen MR) is 67.7 cm³/mol. The van der Waals surface area contributed by atoms with Gasteiger partial charge in [-0.05, 0) is 6.08 Å². The number of fused-ring (bicyclic) bond motifs is 2. The summed E-state index contributed by atoms with van der Waals surface area (Å²) in [7, 11) is 1.44. The average molecular weight is 262 g/mol. The van der Waals surface area contributed by atoms with E-state index < -0.39 is 22.7 Å². The van der Waals surface area contributed by atoms with Crippen LogP contribution in [0, 0.1) is 68.0 Å². The Bertz CT molecular complexity index is 659. The van der Waals surface area contributed by atoms with E-state index in [1.54, 1.807) is 30.4 Å². The average Bonchev–Trinajstić information content (AvgIpc) is 2.46. The van der Waals surface area contributed by atoms with Crippen LogP contribution in [0.2, 0.25) is 0 Å². The van der Waals surface area contributed by atoms with E-state index in [0.717, 1.165) is 0 Å². The third kappa shape index (κ3) is 1.33. The molecule has 3 aliphatic carbocycles. The van der Waals surface area contributed by atoms with Gasteiger partial charge in [-0.1, -0.05) is 24.3 Å². The second-order valence-electron chi connectivity index (χ2n) is 4.61. The maximum atomic E-state index is 9.58. The molecule has 2 unspecified atom stereocenters.